The molecule has 1 aromatic heterocycles. The summed E-state index contributed by atoms with van der Waals surface area (Å²) >= 11 is 0. The molecule has 0 saturated heterocycles. The van der Waals surface area contributed by atoms with Gasteiger partial charge in [0.25, 0.3) is 5.56 Å². The molecule has 1 aliphatic heterocycles. The zero-order valence-corrected chi connectivity index (χ0v) is 11.2. The van der Waals surface area contributed by atoms with Gasteiger partial charge in [-0.2, -0.15) is 0 Å². The Bertz CT molecular complexity index is 661. The molecule has 0 radical (unpaired) electrons. The fourth-order valence-corrected chi connectivity index (χ4v) is 2.49. The number of unbranched alkanes of at least 4 members (excludes halogenated alkanes) is 1. The number of rotatable bonds is 4. The first-order valence-electron chi connectivity index (χ1n) is 6.96. The number of hydrogen-bond acceptors (Lipinski definition) is 3. The van der Waals surface area contributed by atoms with Gasteiger partial charge >= 0.3 is 0 Å². The second-order valence-corrected chi connectivity index (χ2v) is 4.97. The first-order valence-corrected chi connectivity index (χ1v) is 6.96. The summed E-state index contributed by atoms with van der Waals surface area (Å²) in [5, 5.41) is 0.666. The van der Waals surface area contributed by atoms with Crippen LogP contribution in [0.5, 0.6) is 5.75 Å². The molecule has 2 heterocycles. The minimum absolute atomic E-state index is 0.0680. The van der Waals surface area contributed by atoms with E-state index in [0.29, 0.717) is 12.0 Å². The molecule has 0 fully saturated rings. The summed E-state index contributed by atoms with van der Waals surface area (Å²) in [5.41, 5.74) is 0.847. The van der Waals surface area contributed by atoms with Crippen LogP contribution in [-0.2, 0) is 13.0 Å². The average Bonchev–Trinajstić information content (AvgIpc) is 2.88. The van der Waals surface area contributed by atoms with E-state index in [1.807, 2.05) is 18.2 Å². The molecule has 0 atom stereocenters. The molecule has 1 aliphatic rings. The van der Waals surface area contributed by atoms with Crippen molar-refractivity contribution in [2.75, 3.05) is 6.61 Å². The van der Waals surface area contributed by atoms with E-state index in [9.17, 15) is 4.79 Å². The van der Waals surface area contributed by atoms with Crippen molar-refractivity contribution in [3.05, 3.63) is 34.4 Å². The van der Waals surface area contributed by atoms with Crippen LogP contribution in [0.15, 0.2) is 23.0 Å². The molecular formula is C15H18N2O2. The lowest BCUT2D eigenvalue weighted by Crippen LogP contribution is -2.20. The highest BCUT2D eigenvalue weighted by molar-refractivity contribution is 5.79. The third-order valence-electron chi connectivity index (χ3n) is 3.55. The fourth-order valence-electron chi connectivity index (χ4n) is 2.49. The number of nitrogens with zero attached hydrogens (tertiary/aromatic N) is 2. The Morgan fingerprint density at radius 1 is 1.42 bits per heavy atom. The molecule has 4 nitrogen and oxygen atoms in total. The summed E-state index contributed by atoms with van der Waals surface area (Å²) in [6.07, 6.45) is 4.04. The molecule has 1 aromatic carbocycles. The molecule has 0 aliphatic carbocycles. The van der Waals surface area contributed by atoms with Crippen molar-refractivity contribution in [3.8, 4) is 5.75 Å². The van der Waals surface area contributed by atoms with Gasteiger partial charge in [-0.1, -0.05) is 13.3 Å². The molecule has 0 N–H and O–H groups in total. The second-order valence-electron chi connectivity index (χ2n) is 4.97. The minimum Gasteiger partial charge on any atom is -0.494 e. The fraction of sp³-hybridized carbons (Fsp3) is 0.467. The van der Waals surface area contributed by atoms with Crippen LogP contribution < -0.4 is 10.3 Å². The van der Waals surface area contributed by atoms with E-state index in [0.717, 1.165) is 49.3 Å². The summed E-state index contributed by atoms with van der Waals surface area (Å²) in [5.74, 6) is 1.68. The molecule has 3 rings (SSSR count). The molecule has 0 saturated carbocycles. The van der Waals surface area contributed by atoms with Crippen LogP contribution in [0.4, 0.5) is 0 Å². The van der Waals surface area contributed by atoms with Crippen molar-refractivity contribution in [1.82, 2.24) is 9.55 Å². The molecular weight excluding hydrogens is 240 g/mol. The molecule has 0 amide bonds. The highest BCUT2D eigenvalue weighted by Gasteiger charge is 2.16. The average molecular weight is 258 g/mol. The molecule has 4 heteroatoms. The lowest BCUT2D eigenvalue weighted by atomic mass is 10.2. The van der Waals surface area contributed by atoms with E-state index in [2.05, 4.69) is 11.9 Å². The third-order valence-corrected chi connectivity index (χ3v) is 3.55. The topological polar surface area (TPSA) is 44.1 Å². The Morgan fingerprint density at radius 3 is 3.16 bits per heavy atom. The number of hydrogen-bond donors (Lipinski definition) is 0. The maximum Gasteiger partial charge on any atom is 0.261 e. The number of ether oxygens (including phenoxy) is 1. The first-order chi connectivity index (χ1) is 9.29. The van der Waals surface area contributed by atoms with Crippen LogP contribution in [0.3, 0.4) is 0 Å². The SMILES string of the molecule is CCCCOc1ccc2nc3n(c(=O)c2c1)CCC3. The highest BCUT2D eigenvalue weighted by atomic mass is 16.5. The molecule has 0 spiro atoms. The predicted octanol–water partition coefficient (Wildman–Crippen LogP) is 2.52. The van der Waals surface area contributed by atoms with Crippen LogP contribution in [0.1, 0.15) is 32.0 Å². The Balaban J connectivity index is 2.00. The van der Waals surface area contributed by atoms with Gasteiger partial charge in [0.15, 0.2) is 0 Å². The van der Waals surface area contributed by atoms with Gasteiger partial charge in [0.1, 0.15) is 11.6 Å². The third kappa shape index (κ3) is 2.23. The van der Waals surface area contributed by atoms with E-state index >= 15 is 0 Å². The van der Waals surface area contributed by atoms with Gasteiger partial charge in [0.05, 0.1) is 17.5 Å². The highest BCUT2D eigenvalue weighted by Crippen LogP contribution is 2.19. The lowest BCUT2D eigenvalue weighted by molar-refractivity contribution is 0.310. The Labute approximate surface area is 112 Å². The van der Waals surface area contributed by atoms with Gasteiger partial charge in [-0.15, -0.1) is 0 Å². The van der Waals surface area contributed by atoms with Gasteiger partial charge in [-0.3, -0.25) is 9.36 Å². The van der Waals surface area contributed by atoms with E-state index < -0.39 is 0 Å². The maximum absolute atomic E-state index is 12.4. The predicted molar refractivity (Wildman–Crippen MR) is 74.7 cm³/mol. The summed E-state index contributed by atoms with van der Waals surface area (Å²) in [7, 11) is 0. The number of benzene rings is 1. The van der Waals surface area contributed by atoms with Gasteiger partial charge < -0.3 is 4.74 Å². The number of aromatic nitrogens is 2. The smallest absolute Gasteiger partial charge is 0.261 e. The summed E-state index contributed by atoms with van der Waals surface area (Å²) in [6, 6.07) is 5.61. The first kappa shape index (κ1) is 12.2. The Hall–Kier alpha value is -1.84. The van der Waals surface area contributed by atoms with Crippen molar-refractivity contribution in [2.45, 2.75) is 39.2 Å². The van der Waals surface area contributed by atoms with E-state index in [1.54, 1.807) is 4.57 Å². The standard InChI is InChI=1S/C15H18N2O2/c1-2-3-9-19-11-6-7-13-12(10-11)15(18)17-8-4-5-14(17)16-13/h6-7,10H,2-5,8-9H2,1H3. The van der Waals surface area contributed by atoms with Gasteiger partial charge in [-0.25, -0.2) is 4.98 Å². The van der Waals surface area contributed by atoms with E-state index in [4.69, 9.17) is 4.74 Å². The quantitative estimate of drug-likeness (QED) is 0.791. The van der Waals surface area contributed by atoms with Crippen molar-refractivity contribution in [2.24, 2.45) is 0 Å². The number of aryl methyl sites for hydroxylation is 1. The van der Waals surface area contributed by atoms with Crippen LogP contribution in [0.2, 0.25) is 0 Å². The molecule has 19 heavy (non-hydrogen) atoms. The lowest BCUT2D eigenvalue weighted by Gasteiger charge is -2.08. The van der Waals surface area contributed by atoms with Crippen LogP contribution >= 0.6 is 0 Å². The number of fused-ring (bicyclic) bond motifs is 2. The van der Waals surface area contributed by atoms with Gasteiger partial charge in [0.2, 0.25) is 0 Å². The molecule has 100 valence electrons. The Morgan fingerprint density at radius 2 is 2.32 bits per heavy atom. The minimum atomic E-state index is 0.0680. The van der Waals surface area contributed by atoms with Crippen molar-refractivity contribution >= 4 is 10.9 Å². The maximum atomic E-state index is 12.4. The second kappa shape index (κ2) is 5.03. The van der Waals surface area contributed by atoms with Crippen molar-refractivity contribution in [3.63, 3.8) is 0 Å². The molecule has 0 bridgehead atoms. The summed E-state index contributed by atoms with van der Waals surface area (Å²) in [6.45, 7) is 3.61. The summed E-state index contributed by atoms with van der Waals surface area (Å²) < 4.78 is 7.44. The van der Waals surface area contributed by atoms with Crippen molar-refractivity contribution < 1.29 is 4.74 Å². The van der Waals surface area contributed by atoms with Crippen molar-refractivity contribution in [1.29, 1.82) is 0 Å². The van der Waals surface area contributed by atoms with E-state index in [-0.39, 0.29) is 5.56 Å². The van der Waals surface area contributed by atoms with Gasteiger partial charge in [0, 0.05) is 13.0 Å². The van der Waals surface area contributed by atoms with Crippen LogP contribution in [0.25, 0.3) is 10.9 Å². The summed E-state index contributed by atoms with van der Waals surface area (Å²) in [4.78, 5) is 16.9. The van der Waals surface area contributed by atoms with Crippen LogP contribution in [0, 0.1) is 0 Å². The van der Waals surface area contributed by atoms with Gasteiger partial charge in [-0.05, 0) is 31.0 Å². The van der Waals surface area contributed by atoms with Crippen LogP contribution in [-0.4, -0.2) is 16.2 Å². The van der Waals surface area contributed by atoms with E-state index in [1.165, 1.54) is 0 Å². The monoisotopic (exact) mass is 258 g/mol. The Kier molecular flexibility index (Phi) is 3.23. The molecule has 2 aromatic rings. The normalized spacial score (nSPS) is 13.7. The zero-order valence-electron chi connectivity index (χ0n) is 11.2. The zero-order chi connectivity index (χ0) is 13.2. The molecule has 0 unspecified atom stereocenters. The largest absolute Gasteiger partial charge is 0.494 e.